The van der Waals surface area contributed by atoms with Crippen molar-refractivity contribution in [2.24, 2.45) is 0 Å². The molecule has 0 heterocycles. The van der Waals surface area contributed by atoms with Crippen LogP contribution in [0.15, 0.2) is 18.2 Å². The van der Waals surface area contributed by atoms with E-state index in [1.165, 1.54) is 0 Å². The third-order valence-corrected chi connectivity index (χ3v) is 3.07. The highest BCUT2D eigenvalue weighted by Gasteiger charge is 2.10. The Balaban J connectivity index is 0.00000121. The number of rotatable bonds is 5. The lowest BCUT2D eigenvalue weighted by Gasteiger charge is -2.25. The van der Waals surface area contributed by atoms with Crippen LogP contribution in [0.25, 0.3) is 0 Å². The molecule has 3 heteroatoms. The summed E-state index contributed by atoms with van der Waals surface area (Å²) < 4.78 is 0. The van der Waals surface area contributed by atoms with Crippen LogP contribution in [0, 0.1) is 0 Å². The Labute approximate surface area is 116 Å². The molecule has 0 saturated heterocycles. The van der Waals surface area contributed by atoms with Crippen molar-refractivity contribution >= 4 is 28.9 Å². The van der Waals surface area contributed by atoms with Gasteiger partial charge in [0.15, 0.2) is 0 Å². The average molecular weight is 276 g/mol. The zero-order valence-electron chi connectivity index (χ0n) is 11.3. The molecule has 0 aliphatic rings. The Kier molecular flexibility index (Phi) is 9.39. The van der Waals surface area contributed by atoms with Crippen LogP contribution in [0.1, 0.15) is 40.5 Å². The van der Waals surface area contributed by atoms with Crippen LogP contribution in [-0.4, -0.2) is 13.1 Å². The molecule has 0 aliphatic carbocycles. The van der Waals surface area contributed by atoms with Crippen LogP contribution in [-0.2, 0) is 0 Å². The summed E-state index contributed by atoms with van der Waals surface area (Å²) in [5.41, 5.74) is 1.05. The second kappa shape index (κ2) is 9.61. The van der Waals surface area contributed by atoms with Crippen molar-refractivity contribution in [3.8, 4) is 0 Å². The molecule has 1 aromatic rings. The molecule has 0 fully saturated rings. The monoisotopic (exact) mass is 275 g/mol. The molecule has 0 bridgehead atoms. The Morgan fingerprint density at radius 1 is 1.00 bits per heavy atom. The molecule has 1 aromatic carbocycles. The van der Waals surface area contributed by atoms with Gasteiger partial charge in [-0.25, -0.2) is 0 Å². The standard InChI is InChI=1S/C12H17Cl2N.C2H6/c1-3-8-15(9-4-2)11-7-5-6-10(13)12(11)14;1-2/h5-7H,3-4,8-9H2,1-2H3;1-2H3. The molecule has 0 spiro atoms. The number of nitrogens with zero attached hydrogens (tertiary/aromatic N) is 1. The average Bonchev–Trinajstić information content (AvgIpc) is 2.35. The zero-order chi connectivity index (χ0) is 13.3. The number of benzene rings is 1. The van der Waals surface area contributed by atoms with Gasteiger partial charge in [0.05, 0.1) is 15.7 Å². The fraction of sp³-hybridized carbons (Fsp3) is 0.571. The Hall–Kier alpha value is -0.400. The fourth-order valence-electron chi connectivity index (χ4n) is 1.63. The van der Waals surface area contributed by atoms with Gasteiger partial charge in [0.1, 0.15) is 0 Å². The molecule has 0 aromatic heterocycles. The van der Waals surface area contributed by atoms with Crippen molar-refractivity contribution in [1.82, 2.24) is 0 Å². The Morgan fingerprint density at radius 3 is 2.00 bits per heavy atom. The largest absolute Gasteiger partial charge is 0.370 e. The Morgan fingerprint density at radius 2 is 1.53 bits per heavy atom. The van der Waals surface area contributed by atoms with Gasteiger partial charge in [-0.05, 0) is 25.0 Å². The van der Waals surface area contributed by atoms with Crippen LogP contribution in [0.3, 0.4) is 0 Å². The van der Waals surface area contributed by atoms with Crippen LogP contribution in [0.4, 0.5) is 5.69 Å². The fourth-order valence-corrected chi connectivity index (χ4v) is 2.04. The van der Waals surface area contributed by atoms with Crippen molar-refractivity contribution in [2.45, 2.75) is 40.5 Å². The number of hydrogen-bond donors (Lipinski definition) is 0. The van der Waals surface area contributed by atoms with Crippen molar-refractivity contribution in [3.05, 3.63) is 28.2 Å². The predicted octanol–water partition coefficient (Wildman–Crippen LogP) is 5.65. The first-order valence-electron chi connectivity index (χ1n) is 6.39. The van der Waals surface area contributed by atoms with Crippen LogP contribution in [0.5, 0.6) is 0 Å². The van der Waals surface area contributed by atoms with E-state index in [2.05, 4.69) is 18.7 Å². The van der Waals surface area contributed by atoms with Gasteiger partial charge in [0.25, 0.3) is 0 Å². The zero-order valence-corrected chi connectivity index (χ0v) is 12.8. The first-order chi connectivity index (χ1) is 8.20. The van der Waals surface area contributed by atoms with E-state index in [0.29, 0.717) is 10.0 Å². The van der Waals surface area contributed by atoms with Gasteiger partial charge >= 0.3 is 0 Å². The first-order valence-corrected chi connectivity index (χ1v) is 7.15. The predicted molar refractivity (Wildman–Crippen MR) is 80.6 cm³/mol. The number of hydrogen-bond acceptors (Lipinski definition) is 1. The lowest BCUT2D eigenvalue weighted by molar-refractivity contribution is 0.745. The van der Waals surface area contributed by atoms with E-state index in [0.717, 1.165) is 31.6 Å². The molecule has 0 amide bonds. The SMILES string of the molecule is CC.CCCN(CCC)c1cccc(Cl)c1Cl. The van der Waals surface area contributed by atoms with E-state index < -0.39 is 0 Å². The minimum absolute atomic E-state index is 0.631. The molecule has 0 saturated carbocycles. The van der Waals surface area contributed by atoms with Gasteiger partial charge in [0, 0.05) is 13.1 Å². The quantitative estimate of drug-likeness (QED) is 0.672. The number of anilines is 1. The molecule has 0 atom stereocenters. The summed E-state index contributed by atoms with van der Waals surface area (Å²) in [5, 5.41) is 1.30. The highest BCUT2D eigenvalue weighted by atomic mass is 35.5. The second-order valence-electron chi connectivity index (χ2n) is 3.56. The smallest absolute Gasteiger partial charge is 0.0825 e. The summed E-state index contributed by atoms with van der Waals surface area (Å²) >= 11 is 12.2. The number of halogens is 2. The molecule has 0 unspecified atom stereocenters. The highest BCUT2D eigenvalue weighted by molar-refractivity contribution is 6.43. The molecular formula is C14H23Cl2N. The van der Waals surface area contributed by atoms with E-state index in [1.807, 2.05) is 32.0 Å². The van der Waals surface area contributed by atoms with E-state index in [9.17, 15) is 0 Å². The molecule has 17 heavy (non-hydrogen) atoms. The summed E-state index contributed by atoms with van der Waals surface area (Å²) in [4.78, 5) is 2.29. The minimum Gasteiger partial charge on any atom is -0.370 e. The van der Waals surface area contributed by atoms with Crippen LogP contribution < -0.4 is 4.90 Å². The third-order valence-electron chi connectivity index (χ3n) is 2.26. The van der Waals surface area contributed by atoms with Gasteiger partial charge in [-0.3, -0.25) is 0 Å². The van der Waals surface area contributed by atoms with Gasteiger partial charge < -0.3 is 4.90 Å². The van der Waals surface area contributed by atoms with E-state index in [4.69, 9.17) is 23.2 Å². The van der Waals surface area contributed by atoms with E-state index in [1.54, 1.807) is 0 Å². The van der Waals surface area contributed by atoms with E-state index in [-0.39, 0.29) is 0 Å². The molecule has 1 nitrogen and oxygen atoms in total. The van der Waals surface area contributed by atoms with E-state index >= 15 is 0 Å². The molecule has 98 valence electrons. The van der Waals surface area contributed by atoms with Crippen molar-refractivity contribution in [3.63, 3.8) is 0 Å². The molecule has 0 radical (unpaired) electrons. The van der Waals surface area contributed by atoms with Crippen LogP contribution in [0.2, 0.25) is 10.0 Å². The summed E-state index contributed by atoms with van der Waals surface area (Å²) in [6, 6.07) is 5.80. The van der Waals surface area contributed by atoms with Crippen molar-refractivity contribution in [2.75, 3.05) is 18.0 Å². The van der Waals surface area contributed by atoms with Gasteiger partial charge in [0.2, 0.25) is 0 Å². The second-order valence-corrected chi connectivity index (χ2v) is 4.35. The lowest BCUT2D eigenvalue weighted by Crippen LogP contribution is -2.25. The normalized spacial score (nSPS) is 9.53. The van der Waals surface area contributed by atoms with Gasteiger partial charge in [-0.1, -0.05) is 57.0 Å². The topological polar surface area (TPSA) is 3.24 Å². The summed E-state index contributed by atoms with van der Waals surface area (Å²) in [6.07, 6.45) is 2.23. The van der Waals surface area contributed by atoms with Gasteiger partial charge in [-0.15, -0.1) is 0 Å². The summed E-state index contributed by atoms with van der Waals surface area (Å²) in [7, 11) is 0. The van der Waals surface area contributed by atoms with Crippen LogP contribution >= 0.6 is 23.2 Å². The molecule has 0 N–H and O–H groups in total. The molecule has 1 rings (SSSR count). The minimum atomic E-state index is 0.631. The van der Waals surface area contributed by atoms with Gasteiger partial charge in [-0.2, -0.15) is 0 Å². The Bertz CT molecular complexity index is 307. The molecule has 0 aliphatic heterocycles. The summed E-state index contributed by atoms with van der Waals surface area (Å²) in [5.74, 6) is 0. The lowest BCUT2D eigenvalue weighted by atomic mass is 10.2. The summed E-state index contributed by atoms with van der Waals surface area (Å²) in [6.45, 7) is 10.4. The maximum atomic E-state index is 6.19. The van der Waals surface area contributed by atoms with Crippen molar-refractivity contribution < 1.29 is 0 Å². The third kappa shape index (κ3) is 5.18. The molecular weight excluding hydrogens is 253 g/mol. The van der Waals surface area contributed by atoms with Crippen molar-refractivity contribution in [1.29, 1.82) is 0 Å². The first kappa shape index (κ1) is 16.6. The highest BCUT2D eigenvalue weighted by Crippen LogP contribution is 2.32. The maximum absolute atomic E-state index is 6.19. The maximum Gasteiger partial charge on any atom is 0.0825 e.